The highest BCUT2D eigenvalue weighted by atomic mass is 35.5. The third kappa shape index (κ3) is 7.50. The Morgan fingerprint density at radius 2 is 1.80 bits per heavy atom. The van der Waals surface area contributed by atoms with Crippen LogP contribution in [-0.2, 0) is 24.2 Å². The molecule has 2 amide bonds. The van der Waals surface area contributed by atoms with E-state index >= 15 is 0 Å². The Morgan fingerprint density at radius 1 is 1.09 bits per heavy atom. The molecule has 0 fully saturated rings. The molecule has 5 N–H and O–H groups in total. The number of fused-ring (bicyclic) bond motifs is 1. The zero-order valence-corrected chi connectivity index (χ0v) is 21.2. The lowest BCUT2D eigenvalue weighted by atomic mass is 10.0. The number of amides is 2. The zero-order valence-electron chi connectivity index (χ0n) is 18.8. The molecule has 4 rings (SSSR count). The summed E-state index contributed by atoms with van der Waals surface area (Å²) in [5.41, 5.74) is 13.3. The second kappa shape index (κ2) is 13.2. The van der Waals surface area contributed by atoms with Crippen LogP contribution in [0.3, 0.4) is 0 Å². The van der Waals surface area contributed by atoms with Gasteiger partial charge in [-0.3, -0.25) is 19.3 Å². The van der Waals surface area contributed by atoms with Gasteiger partial charge in [0.05, 0.1) is 16.4 Å². The molecule has 1 heterocycles. The van der Waals surface area contributed by atoms with Crippen molar-refractivity contribution in [3.05, 3.63) is 80.3 Å². The van der Waals surface area contributed by atoms with Gasteiger partial charge in [-0.05, 0) is 55.5 Å². The number of carbonyl (C=O) groups excluding carboxylic acids is 2. The van der Waals surface area contributed by atoms with Crippen LogP contribution in [0.25, 0.3) is 0 Å². The average Bonchev–Trinajstić information content (AvgIpc) is 3.28. The van der Waals surface area contributed by atoms with Crippen LogP contribution in [-0.4, -0.2) is 34.4 Å². The molecule has 0 radical (unpaired) electrons. The number of halogens is 2. The van der Waals surface area contributed by atoms with Crippen LogP contribution in [0, 0.1) is 0 Å². The van der Waals surface area contributed by atoms with Crippen molar-refractivity contribution in [2.24, 2.45) is 11.5 Å². The Balaban J connectivity index is 0.000000280. The molecule has 186 valence electrons. The smallest absolute Gasteiger partial charge is 0.323 e. The number of para-hydroxylation sites is 1. The van der Waals surface area contributed by atoms with E-state index in [1.165, 1.54) is 29.1 Å². The van der Waals surface area contributed by atoms with Crippen molar-refractivity contribution in [1.29, 1.82) is 0 Å². The molecule has 0 spiro atoms. The summed E-state index contributed by atoms with van der Waals surface area (Å²) >= 11 is 7.54. The molecule has 1 aromatic heterocycles. The fourth-order valence-corrected chi connectivity index (χ4v) is 4.76. The number of anilines is 1. The van der Waals surface area contributed by atoms with Gasteiger partial charge in [0, 0.05) is 17.0 Å². The lowest BCUT2D eigenvalue weighted by molar-refractivity contribution is -0.135. The first-order valence-corrected chi connectivity index (χ1v) is 11.8. The lowest BCUT2D eigenvalue weighted by Crippen LogP contribution is -2.36. The van der Waals surface area contributed by atoms with E-state index in [2.05, 4.69) is 4.98 Å². The molecule has 3 aromatic rings. The topological polar surface area (TPSA) is 140 Å². The number of aromatic nitrogens is 1. The number of carboxylic acids is 1. The predicted molar refractivity (Wildman–Crippen MR) is 140 cm³/mol. The van der Waals surface area contributed by atoms with E-state index in [9.17, 15) is 14.4 Å². The minimum atomic E-state index is -1.12. The van der Waals surface area contributed by atoms with Crippen molar-refractivity contribution in [2.75, 3.05) is 11.4 Å². The fourth-order valence-electron chi connectivity index (χ4n) is 3.52. The maximum absolute atomic E-state index is 12.7. The third-order valence-corrected chi connectivity index (χ3v) is 6.64. The highest BCUT2D eigenvalue weighted by Crippen LogP contribution is 2.27. The molecule has 11 heteroatoms. The van der Waals surface area contributed by atoms with Gasteiger partial charge < -0.3 is 16.6 Å². The van der Waals surface area contributed by atoms with Crippen molar-refractivity contribution in [3.8, 4) is 0 Å². The normalized spacial score (nSPS) is 11.8. The highest BCUT2D eigenvalue weighted by Gasteiger charge is 2.22. The highest BCUT2D eigenvalue weighted by molar-refractivity contribution is 7.13. The van der Waals surface area contributed by atoms with Crippen LogP contribution in [0.4, 0.5) is 5.69 Å². The van der Waals surface area contributed by atoms with E-state index in [1.807, 2.05) is 0 Å². The Hall–Kier alpha value is -2.98. The Morgan fingerprint density at radius 3 is 2.43 bits per heavy atom. The summed E-state index contributed by atoms with van der Waals surface area (Å²) in [6, 6.07) is 13.4. The van der Waals surface area contributed by atoms with Crippen molar-refractivity contribution < 1.29 is 19.5 Å². The summed E-state index contributed by atoms with van der Waals surface area (Å²) in [4.78, 5) is 41.1. The minimum Gasteiger partial charge on any atom is -0.480 e. The molecule has 0 saturated carbocycles. The van der Waals surface area contributed by atoms with Gasteiger partial charge in [-0.15, -0.1) is 23.7 Å². The van der Waals surface area contributed by atoms with Crippen molar-refractivity contribution in [2.45, 2.75) is 32.2 Å². The first kappa shape index (κ1) is 28.3. The maximum atomic E-state index is 12.7. The summed E-state index contributed by atoms with van der Waals surface area (Å²) in [5.74, 6) is -1.96. The minimum absolute atomic E-state index is 0. The first-order chi connectivity index (χ1) is 16.3. The van der Waals surface area contributed by atoms with Crippen molar-refractivity contribution >= 4 is 58.8 Å². The van der Waals surface area contributed by atoms with Gasteiger partial charge in [0.2, 0.25) is 0 Å². The number of hydrogen-bond acceptors (Lipinski definition) is 6. The van der Waals surface area contributed by atoms with Crippen LogP contribution in [0.5, 0.6) is 0 Å². The van der Waals surface area contributed by atoms with E-state index in [1.54, 1.807) is 48.5 Å². The van der Waals surface area contributed by atoms with Gasteiger partial charge in [0.25, 0.3) is 11.8 Å². The molecular formula is C24H26Cl2N4O4S. The molecule has 0 unspecified atom stereocenters. The van der Waals surface area contributed by atoms with E-state index in [-0.39, 0.29) is 12.4 Å². The lowest BCUT2D eigenvalue weighted by Gasteiger charge is -2.22. The fraction of sp³-hybridized carbons (Fsp3) is 0.250. The monoisotopic (exact) mass is 536 g/mol. The Kier molecular flexibility index (Phi) is 10.7. The standard InChI is InChI=1S/C16H15ClN2O3.C8H10N2OS.ClH/c17-13-6-1-2-7-14(13)19(10-15(20)21)16(22)12-5-3-4-11(8-12)9-18;9-7(11)8-10-5-3-1-2-4-6(5)12-8;/h1-8H,9-10,18H2,(H,20,21);1-4H2,(H2,9,11);1H. The summed E-state index contributed by atoms with van der Waals surface area (Å²) in [5, 5.41) is 9.86. The molecule has 0 atom stereocenters. The summed E-state index contributed by atoms with van der Waals surface area (Å²) in [6.45, 7) is -0.179. The van der Waals surface area contributed by atoms with Crippen LogP contribution < -0.4 is 16.4 Å². The summed E-state index contributed by atoms with van der Waals surface area (Å²) in [7, 11) is 0. The van der Waals surface area contributed by atoms with Crippen LogP contribution in [0.15, 0.2) is 48.5 Å². The van der Waals surface area contributed by atoms with E-state index in [0.29, 0.717) is 27.8 Å². The van der Waals surface area contributed by atoms with Gasteiger partial charge in [-0.1, -0.05) is 35.9 Å². The SMILES string of the molecule is Cl.NC(=O)c1nc2c(s1)CCCC2.NCc1cccc(C(=O)N(CC(=O)O)c2ccccc2Cl)c1. The third-order valence-electron chi connectivity index (χ3n) is 5.15. The largest absolute Gasteiger partial charge is 0.480 e. The zero-order chi connectivity index (χ0) is 24.7. The van der Waals surface area contributed by atoms with Gasteiger partial charge in [-0.25, -0.2) is 4.98 Å². The average molecular weight is 537 g/mol. The number of hydrogen-bond donors (Lipinski definition) is 3. The summed E-state index contributed by atoms with van der Waals surface area (Å²) in [6.07, 6.45) is 4.49. The van der Waals surface area contributed by atoms with Crippen molar-refractivity contribution in [3.63, 3.8) is 0 Å². The van der Waals surface area contributed by atoms with Crippen LogP contribution >= 0.6 is 35.3 Å². The van der Waals surface area contributed by atoms with E-state index < -0.39 is 24.3 Å². The number of aryl methyl sites for hydroxylation is 2. The number of rotatable bonds is 6. The molecule has 35 heavy (non-hydrogen) atoms. The first-order valence-electron chi connectivity index (χ1n) is 10.7. The second-order valence-electron chi connectivity index (χ2n) is 7.60. The van der Waals surface area contributed by atoms with Gasteiger partial charge in [-0.2, -0.15) is 0 Å². The molecule has 0 bridgehead atoms. The van der Waals surface area contributed by atoms with Gasteiger partial charge >= 0.3 is 5.97 Å². The number of thiazole rings is 1. The second-order valence-corrected chi connectivity index (χ2v) is 9.09. The number of nitrogens with two attached hydrogens (primary N) is 2. The number of aliphatic carboxylic acids is 1. The molecule has 0 aliphatic heterocycles. The number of primary amides is 1. The molecule has 0 saturated heterocycles. The number of nitrogens with zero attached hydrogens (tertiary/aromatic N) is 2. The Labute approximate surface area is 218 Å². The van der Waals surface area contributed by atoms with Gasteiger partial charge in [0.15, 0.2) is 5.01 Å². The van der Waals surface area contributed by atoms with Crippen LogP contribution in [0.1, 0.15) is 49.1 Å². The quantitative estimate of drug-likeness (QED) is 0.433. The van der Waals surface area contributed by atoms with Crippen LogP contribution in [0.2, 0.25) is 5.02 Å². The molecule has 8 nitrogen and oxygen atoms in total. The van der Waals surface area contributed by atoms with Gasteiger partial charge in [0.1, 0.15) is 6.54 Å². The van der Waals surface area contributed by atoms with Crippen molar-refractivity contribution in [1.82, 2.24) is 4.98 Å². The summed E-state index contributed by atoms with van der Waals surface area (Å²) < 4.78 is 0. The number of carbonyl (C=O) groups is 3. The Bertz CT molecular complexity index is 1180. The molecule has 1 aliphatic carbocycles. The number of carboxylic acid groups (broad SMARTS) is 1. The maximum Gasteiger partial charge on any atom is 0.323 e. The molecular weight excluding hydrogens is 511 g/mol. The van der Waals surface area contributed by atoms with E-state index in [4.69, 9.17) is 28.2 Å². The van der Waals surface area contributed by atoms with E-state index in [0.717, 1.165) is 29.0 Å². The number of benzene rings is 2. The molecule has 1 aliphatic rings. The predicted octanol–water partition coefficient (Wildman–Crippen LogP) is 4.07. The molecule has 2 aromatic carbocycles.